The van der Waals surface area contributed by atoms with Gasteiger partial charge in [-0.2, -0.15) is 0 Å². The third kappa shape index (κ3) is 44.3. The molecule has 0 aromatic carbocycles. The van der Waals surface area contributed by atoms with Crippen LogP contribution in [0.15, 0.2) is 36.5 Å². The Balaban J connectivity index is 4.22. The fraction of sp³-hybridized carbons (Fsp3) is 0.837. The summed E-state index contributed by atoms with van der Waals surface area (Å²) in [6.45, 7) is 2.37. The van der Waals surface area contributed by atoms with E-state index < -0.39 is 51.8 Å². The van der Waals surface area contributed by atoms with Crippen LogP contribution in [0, 0.1) is 0 Å². The largest absolute Gasteiger partial charge is 0.472 e. The highest BCUT2D eigenvalue weighted by Crippen LogP contribution is 2.43. The van der Waals surface area contributed by atoms with Crippen LogP contribution in [0.1, 0.15) is 226 Å². The molecule has 0 fully saturated rings. The van der Waals surface area contributed by atoms with Crippen molar-refractivity contribution in [3.05, 3.63) is 36.5 Å². The first-order valence-electron chi connectivity index (χ1n) is 24.4. The van der Waals surface area contributed by atoms with Gasteiger partial charge in [0.15, 0.2) is 6.10 Å². The predicted molar refractivity (Wildman–Crippen MR) is 247 cm³/mol. The van der Waals surface area contributed by atoms with Gasteiger partial charge in [-0.3, -0.25) is 18.6 Å². The molecular weight excluding hydrogens is 780 g/mol. The maximum absolute atomic E-state index is 12.7. The molecule has 0 aliphatic heterocycles. The van der Waals surface area contributed by atoms with Crippen molar-refractivity contribution in [1.29, 1.82) is 0 Å². The van der Waals surface area contributed by atoms with Crippen molar-refractivity contribution in [3.8, 4) is 0 Å². The van der Waals surface area contributed by atoms with Gasteiger partial charge in [0, 0.05) is 12.8 Å². The van der Waals surface area contributed by atoms with E-state index in [1.165, 1.54) is 128 Å². The predicted octanol–water partition coefficient (Wildman–Crippen LogP) is 13.5. The van der Waals surface area contributed by atoms with Gasteiger partial charge < -0.3 is 24.6 Å². The molecule has 0 radical (unpaired) electrons. The van der Waals surface area contributed by atoms with Crippen molar-refractivity contribution in [2.75, 3.05) is 26.4 Å². The van der Waals surface area contributed by atoms with Gasteiger partial charge in [0.2, 0.25) is 0 Å². The third-order valence-electron chi connectivity index (χ3n) is 10.5. The molecule has 3 unspecified atom stereocenters. The SMILES string of the molecule is CCCCC/C=C\C/C=C\CCCCCCCCCCCC(=O)OC(COC(=O)CCCCCCCCC/C=C\CCCCCCCCC)COP(=O)(O)OCC(O)CO. The highest BCUT2D eigenvalue weighted by atomic mass is 31.2. The van der Waals surface area contributed by atoms with Crippen LogP contribution in [-0.4, -0.2) is 65.7 Å². The van der Waals surface area contributed by atoms with Gasteiger partial charge in [0.05, 0.1) is 19.8 Å². The molecule has 352 valence electrons. The minimum Gasteiger partial charge on any atom is -0.462 e. The lowest BCUT2D eigenvalue weighted by Crippen LogP contribution is -2.29. The summed E-state index contributed by atoms with van der Waals surface area (Å²) in [7, 11) is -4.62. The number of esters is 2. The molecule has 0 aromatic rings. The van der Waals surface area contributed by atoms with Crippen molar-refractivity contribution < 1.29 is 47.8 Å². The first kappa shape index (κ1) is 58.2. The number of carbonyl (C=O) groups is 2. The zero-order valence-corrected chi connectivity index (χ0v) is 39.3. The van der Waals surface area contributed by atoms with E-state index in [1.807, 2.05) is 0 Å². The first-order chi connectivity index (χ1) is 29.2. The number of carbonyl (C=O) groups excluding carboxylic acids is 2. The lowest BCUT2D eigenvalue weighted by Gasteiger charge is -2.20. The van der Waals surface area contributed by atoms with Crippen LogP contribution in [0.25, 0.3) is 0 Å². The van der Waals surface area contributed by atoms with Crippen molar-refractivity contribution in [1.82, 2.24) is 0 Å². The quantitative estimate of drug-likeness (QED) is 0.0234. The number of hydrogen-bond acceptors (Lipinski definition) is 9. The van der Waals surface area contributed by atoms with Gasteiger partial charge >= 0.3 is 19.8 Å². The standard InChI is InChI=1S/C49H91O10P/c1-3-5-7-9-11-13-15-17-19-21-23-25-27-29-31-33-35-37-39-41-49(53)59-47(45-58-60(54,55)57-43-46(51)42-50)44-56-48(52)40-38-36-34-32-30-28-26-24-22-20-18-16-14-12-10-8-6-4-2/h11,13,17,19-20,22,46-47,50-51H,3-10,12,14-16,18,21,23-45H2,1-2H3,(H,54,55)/b13-11-,19-17-,22-20-. The normalized spacial score (nSPS) is 14.0. The van der Waals surface area contributed by atoms with E-state index >= 15 is 0 Å². The van der Waals surface area contributed by atoms with Crippen molar-refractivity contribution in [2.45, 2.75) is 238 Å². The number of hydrogen-bond donors (Lipinski definition) is 3. The summed E-state index contributed by atoms with van der Waals surface area (Å²) in [4.78, 5) is 35.1. The van der Waals surface area contributed by atoms with Gasteiger partial charge in [-0.15, -0.1) is 0 Å². The maximum Gasteiger partial charge on any atom is 0.472 e. The van der Waals surface area contributed by atoms with Gasteiger partial charge in [-0.1, -0.05) is 179 Å². The lowest BCUT2D eigenvalue weighted by molar-refractivity contribution is -0.161. The monoisotopic (exact) mass is 871 g/mol. The summed E-state index contributed by atoms with van der Waals surface area (Å²) >= 11 is 0. The van der Waals surface area contributed by atoms with Crippen LogP contribution in [0.5, 0.6) is 0 Å². The van der Waals surface area contributed by atoms with Crippen molar-refractivity contribution >= 4 is 19.8 Å². The summed E-state index contributed by atoms with van der Waals surface area (Å²) in [6.07, 6.45) is 48.2. The van der Waals surface area contributed by atoms with E-state index in [1.54, 1.807) is 0 Å². The molecule has 10 nitrogen and oxygen atoms in total. The summed E-state index contributed by atoms with van der Waals surface area (Å²) in [5.74, 6) is -0.928. The number of phosphoric acid groups is 1. The van der Waals surface area contributed by atoms with Gasteiger partial charge in [0.1, 0.15) is 12.7 Å². The van der Waals surface area contributed by atoms with E-state index in [-0.39, 0.29) is 19.4 Å². The molecule has 0 spiro atoms. The Kier molecular flexibility index (Phi) is 43.9. The second-order valence-electron chi connectivity index (χ2n) is 16.5. The fourth-order valence-electron chi connectivity index (χ4n) is 6.72. The highest BCUT2D eigenvalue weighted by molar-refractivity contribution is 7.47. The number of phosphoric ester groups is 1. The number of aliphatic hydroxyl groups is 2. The zero-order valence-electron chi connectivity index (χ0n) is 38.4. The van der Waals surface area contributed by atoms with Gasteiger partial charge in [-0.25, -0.2) is 4.57 Å². The maximum atomic E-state index is 12.7. The molecule has 0 saturated carbocycles. The molecule has 0 heterocycles. The fourth-order valence-corrected chi connectivity index (χ4v) is 7.51. The van der Waals surface area contributed by atoms with E-state index in [9.17, 15) is 24.2 Å². The second-order valence-corrected chi connectivity index (χ2v) is 17.9. The van der Waals surface area contributed by atoms with E-state index in [0.717, 1.165) is 57.8 Å². The van der Waals surface area contributed by atoms with Crippen LogP contribution in [0.4, 0.5) is 0 Å². The summed E-state index contributed by atoms with van der Waals surface area (Å²) in [6, 6.07) is 0. The average molecular weight is 871 g/mol. The molecule has 60 heavy (non-hydrogen) atoms. The molecule has 3 N–H and O–H groups in total. The lowest BCUT2D eigenvalue weighted by atomic mass is 10.1. The topological polar surface area (TPSA) is 149 Å². The van der Waals surface area contributed by atoms with Crippen LogP contribution in [0.3, 0.4) is 0 Å². The Labute approximate surface area is 367 Å². The van der Waals surface area contributed by atoms with Crippen LogP contribution in [-0.2, 0) is 32.7 Å². The second kappa shape index (κ2) is 45.2. The van der Waals surface area contributed by atoms with Crippen LogP contribution >= 0.6 is 7.82 Å². The molecular formula is C49H91O10P. The Morgan fingerprint density at radius 3 is 1.33 bits per heavy atom. The molecule has 0 bridgehead atoms. The molecule has 0 aliphatic carbocycles. The summed E-state index contributed by atoms with van der Waals surface area (Å²) < 4.78 is 32.8. The molecule has 0 aliphatic rings. The minimum absolute atomic E-state index is 0.179. The molecule has 0 saturated heterocycles. The van der Waals surface area contributed by atoms with E-state index in [0.29, 0.717) is 12.8 Å². The van der Waals surface area contributed by atoms with Gasteiger partial charge in [0.25, 0.3) is 0 Å². The van der Waals surface area contributed by atoms with Crippen molar-refractivity contribution in [3.63, 3.8) is 0 Å². The molecule has 3 atom stereocenters. The Bertz CT molecular complexity index is 1090. The third-order valence-corrected chi connectivity index (χ3v) is 11.5. The van der Waals surface area contributed by atoms with Crippen LogP contribution in [0.2, 0.25) is 0 Å². The average Bonchev–Trinajstić information content (AvgIpc) is 3.24. The van der Waals surface area contributed by atoms with Gasteiger partial charge in [-0.05, 0) is 70.6 Å². The summed E-state index contributed by atoms with van der Waals surface area (Å²) in [5, 5.41) is 18.4. The van der Waals surface area contributed by atoms with E-state index in [4.69, 9.17) is 23.6 Å². The zero-order chi connectivity index (χ0) is 44.0. The Hall–Kier alpha value is -1.81. The highest BCUT2D eigenvalue weighted by Gasteiger charge is 2.27. The Morgan fingerprint density at radius 1 is 0.500 bits per heavy atom. The van der Waals surface area contributed by atoms with Crippen LogP contribution < -0.4 is 0 Å². The van der Waals surface area contributed by atoms with E-state index in [2.05, 4.69) is 50.3 Å². The molecule has 0 amide bonds. The summed E-state index contributed by atoms with van der Waals surface area (Å²) in [5.41, 5.74) is 0. The van der Waals surface area contributed by atoms with Crippen molar-refractivity contribution in [2.24, 2.45) is 0 Å². The minimum atomic E-state index is -4.62. The molecule has 0 aromatic heterocycles. The number of ether oxygens (including phenoxy) is 2. The number of unbranched alkanes of at least 4 members (excludes halogenated alkanes) is 26. The first-order valence-corrected chi connectivity index (χ1v) is 25.9. The Morgan fingerprint density at radius 2 is 0.867 bits per heavy atom. The smallest absolute Gasteiger partial charge is 0.462 e. The number of allylic oxidation sites excluding steroid dienone is 6. The molecule has 0 rings (SSSR count). The molecule has 11 heteroatoms. The number of aliphatic hydroxyl groups excluding tert-OH is 2. The number of rotatable bonds is 46.